The molecular formula is C8H7ClN4. The topological polar surface area (TPSA) is 43.6 Å². The third-order valence-corrected chi connectivity index (χ3v) is 1.99. The van der Waals surface area contributed by atoms with E-state index < -0.39 is 0 Å². The Hall–Kier alpha value is -1.42. The van der Waals surface area contributed by atoms with Gasteiger partial charge in [-0.2, -0.15) is 5.10 Å². The highest BCUT2D eigenvalue weighted by atomic mass is 35.5. The van der Waals surface area contributed by atoms with E-state index in [1.807, 2.05) is 0 Å². The predicted molar refractivity (Wildman–Crippen MR) is 50.5 cm³/mol. The van der Waals surface area contributed by atoms with Crippen molar-refractivity contribution in [2.24, 2.45) is 0 Å². The van der Waals surface area contributed by atoms with E-state index in [0.717, 1.165) is 11.0 Å². The third kappa shape index (κ3) is 1.29. The molecule has 0 radical (unpaired) electrons. The van der Waals surface area contributed by atoms with Crippen LogP contribution in [-0.4, -0.2) is 19.7 Å². The van der Waals surface area contributed by atoms with Crippen LogP contribution in [0, 0.1) is 0 Å². The van der Waals surface area contributed by atoms with Crippen LogP contribution in [0.4, 0.5) is 0 Å². The van der Waals surface area contributed by atoms with Gasteiger partial charge in [-0.15, -0.1) is 6.58 Å². The van der Waals surface area contributed by atoms with E-state index >= 15 is 0 Å². The molecule has 0 aliphatic carbocycles. The van der Waals surface area contributed by atoms with E-state index in [1.165, 1.54) is 6.33 Å². The van der Waals surface area contributed by atoms with Crippen molar-refractivity contribution in [2.45, 2.75) is 6.54 Å². The maximum absolute atomic E-state index is 5.84. The first-order valence-corrected chi connectivity index (χ1v) is 4.13. The van der Waals surface area contributed by atoms with E-state index in [0.29, 0.717) is 11.7 Å². The molecule has 0 fully saturated rings. The molecule has 0 aliphatic heterocycles. The normalized spacial score (nSPS) is 10.5. The lowest BCUT2D eigenvalue weighted by molar-refractivity contribution is 0.720. The Bertz CT molecular complexity index is 448. The Balaban J connectivity index is 2.67. The minimum atomic E-state index is 0.431. The monoisotopic (exact) mass is 194 g/mol. The maximum Gasteiger partial charge on any atom is 0.162 e. The van der Waals surface area contributed by atoms with Gasteiger partial charge in [0.1, 0.15) is 11.5 Å². The van der Waals surface area contributed by atoms with Crippen molar-refractivity contribution in [3.05, 3.63) is 30.3 Å². The molecule has 0 aliphatic rings. The minimum Gasteiger partial charge on any atom is -0.243 e. The molecule has 0 bridgehead atoms. The van der Waals surface area contributed by atoms with Crippen molar-refractivity contribution in [2.75, 3.05) is 0 Å². The fraction of sp³-hybridized carbons (Fsp3) is 0.125. The van der Waals surface area contributed by atoms with Crippen LogP contribution in [0.5, 0.6) is 0 Å². The third-order valence-electron chi connectivity index (χ3n) is 1.69. The Morgan fingerprint density at radius 3 is 3.15 bits per heavy atom. The smallest absolute Gasteiger partial charge is 0.162 e. The number of hydrogen-bond acceptors (Lipinski definition) is 3. The molecule has 2 aromatic rings. The summed E-state index contributed by atoms with van der Waals surface area (Å²) in [6.45, 7) is 4.25. The van der Waals surface area contributed by atoms with Gasteiger partial charge < -0.3 is 0 Å². The van der Waals surface area contributed by atoms with Crippen molar-refractivity contribution in [1.29, 1.82) is 0 Å². The summed E-state index contributed by atoms with van der Waals surface area (Å²) >= 11 is 5.84. The van der Waals surface area contributed by atoms with Crippen LogP contribution in [0.25, 0.3) is 11.0 Å². The molecule has 0 amide bonds. The van der Waals surface area contributed by atoms with E-state index in [-0.39, 0.29) is 0 Å². The second-order valence-electron chi connectivity index (χ2n) is 2.52. The molecule has 2 aromatic heterocycles. The first-order chi connectivity index (χ1) is 6.33. The molecule has 2 heterocycles. The predicted octanol–water partition coefficient (Wildman–Crippen LogP) is 1.67. The van der Waals surface area contributed by atoms with Crippen LogP contribution in [0.3, 0.4) is 0 Å². The van der Waals surface area contributed by atoms with Crippen molar-refractivity contribution < 1.29 is 0 Å². The quantitative estimate of drug-likeness (QED) is 0.540. The molecule has 2 rings (SSSR count). The van der Waals surface area contributed by atoms with E-state index in [1.54, 1.807) is 17.0 Å². The number of hydrogen-bond donors (Lipinski definition) is 0. The van der Waals surface area contributed by atoms with E-state index in [2.05, 4.69) is 21.6 Å². The standard InChI is InChI=1S/C8H7ClN4/c1-2-3-13-8-6(4-12-13)7(9)10-5-11-8/h2,4-5H,1,3H2. The van der Waals surface area contributed by atoms with Gasteiger partial charge in [-0.25, -0.2) is 14.6 Å². The highest BCUT2D eigenvalue weighted by Gasteiger charge is 2.05. The van der Waals surface area contributed by atoms with Crippen LogP contribution in [0.1, 0.15) is 0 Å². The van der Waals surface area contributed by atoms with Crippen molar-refractivity contribution in [1.82, 2.24) is 19.7 Å². The molecular weight excluding hydrogens is 188 g/mol. The first kappa shape index (κ1) is 8.19. The molecule has 4 nitrogen and oxygen atoms in total. The lowest BCUT2D eigenvalue weighted by Crippen LogP contribution is -1.98. The van der Waals surface area contributed by atoms with Gasteiger partial charge in [0.05, 0.1) is 18.1 Å². The number of aromatic nitrogens is 4. The van der Waals surface area contributed by atoms with Crippen molar-refractivity contribution in [3.63, 3.8) is 0 Å². The fourth-order valence-corrected chi connectivity index (χ4v) is 1.30. The lowest BCUT2D eigenvalue weighted by atomic mass is 10.4. The summed E-state index contributed by atoms with van der Waals surface area (Å²) in [5.41, 5.74) is 0.736. The molecule has 0 atom stereocenters. The number of rotatable bonds is 2. The van der Waals surface area contributed by atoms with Crippen LogP contribution in [-0.2, 0) is 6.54 Å². The number of nitrogens with zero attached hydrogens (tertiary/aromatic N) is 4. The molecule has 0 unspecified atom stereocenters. The highest BCUT2D eigenvalue weighted by molar-refractivity contribution is 6.33. The molecule has 13 heavy (non-hydrogen) atoms. The molecule has 0 saturated carbocycles. The summed E-state index contributed by atoms with van der Waals surface area (Å²) < 4.78 is 1.72. The van der Waals surface area contributed by atoms with E-state index in [4.69, 9.17) is 11.6 Å². The summed E-state index contributed by atoms with van der Waals surface area (Å²) in [5.74, 6) is 0. The summed E-state index contributed by atoms with van der Waals surface area (Å²) in [4.78, 5) is 7.93. The van der Waals surface area contributed by atoms with E-state index in [9.17, 15) is 0 Å². The zero-order valence-corrected chi connectivity index (χ0v) is 7.57. The molecule has 66 valence electrons. The van der Waals surface area contributed by atoms with Gasteiger partial charge in [-0.3, -0.25) is 0 Å². The zero-order chi connectivity index (χ0) is 9.26. The van der Waals surface area contributed by atoms with Gasteiger partial charge in [-0.05, 0) is 0 Å². The van der Waals surface area contributed by atoms with Crippen LogP contribution in [0.2, 0.25) is 5.15 Å². The van der Waals surface area contributed by atoms with Gasteiger partial charge in [0.15, 0.2) is 5.65 Å². The Morgan fingerprint density at radius 2 is 2.38 bits per heavy atom. The molecule has 0 saturated heterocycles. The number of fused-ring (bicyclic) bond motifs is 1. The van der Waals surface area contributed by atoms with Crippen LogP contribution in [0.15, 0.2) is 25.2 Å². The second-order valence-corrected chi connectivity index (χ2v) is 2.88. The molecule has 5 heteroatoms. The SMILES string of the molecule is C=CCn1ncc2c(Cl)ncnc21. The van der Waals surface area contributed by atoms with Crippen LogP contribution >= 0.6 is 11.6 Å². The number of allylic oxidation sites excluding steroid dienone is 1. The molecule has 0 N–H and O–H groups in total. The molecule has 0 aromatic carbocycles. The lowest BCUT2D eigenvalue weighted by Gasteiger charge is -1.96. The van der Waals surface area contributed by atoms with Gasteiger partial charge >= 0.3 is 0 Å². The summed E-state index contributed by atoms with van der Waals surface area (Å²) in [6, 6.07) is 0. The second kappa shape index (κ2) is 3.14. The highest BCUT2D eigenvalue weighted by Crippen LogP contribution is 2.17. The van der Waals surface area contributed by atoms with Gasteiger partial charge in [0.2, 0.25) is 0 Å². The Kier molecular flexibility index (Phi) is 1.98. The van der Waals surface area contributed by atoms with Crippen molar-refractivity contribution >= 4 is 22.6 Å². The van der Waals surface area contributed by atoms with Crippen molar-refractivity contribution in [3.8, 4) is 0 Å². The summed E-state index contributed by atoms with van der Waals surface area (Å²) in [7, 11) is 0. The summed E-state index contributed by atoms with van der Waals surface area (Å²) in [6.07, 6.45) is 4.83. The minimum absolute atomic E-state index is 0.431. The van der Waals surface area contributed by atoms with Gasteiger partial charge in [0, 0.05) is 0 Å². The summed E-state index contributed by atoms with van der Waals surface area (Å²) in [5, 5.41) is 5.30. The van der Waals surface area contributed by atoms with Gasteiger partial charge in [-0.1, -0.05) is 17.7 Å². The maximum atomic E-state index is 5.84. The largest absolute Gasteiger partial charge is 0.243 e. The molecule has 0 spiro atoms. The van der Waals surface area contributed by atoms with Crippen LogP contribution < -0.4 is 0 Å². The Morgan fingerprint density at radius 1 is 1.54 bits per heavy atom. The first-order valence-electron chi connectivity index (χ1n) is 3.76. The Labute approximate surface area is 79.9 Å². The average Bonchev–Trinajstić information content (AvgIpc) is 2.51. The zero-order valence-electron chi connectivity index (χ0n) is 6.81. The fourth-order valence-electron chi connectivity index (χ4n) is 1.12. The van der Waals surface area contributed by atoms with Gasteiger partial charge in [0.25, 0.3) is 0 Å². The number of halogens is 1. The average molecular weight is 195 g/mol.